The fourth-order valence-corrected chi connectivity index (χ4v) is 1.84. The molecule has 0 bridgehead atoms. The van der Waals surface area contributed by atoms with Gasteiger partial charge in [-0.05, 0) is 43.7 Å². The van der Waals surface area contributed by atoms with Gasteiger partial charge in [-0.3, -0.25) is 4.79 Å². The summed E-state index contributed by atoms with van der Waals surface area (Å²) < 4.78 is 6.45. The normalized spacial score (nSPS) is 10.1. The van der Waals surface area contributed by atoms with Crippen molar-refractivity contribution < 1.29 is 9.53 Å². The zero-order chi connectivity index (χ0) is 12.7. The maximum Gasteiger partial charge on any atom is 0.257 e. The second-order valence-corrected chi connectivity index (χ2v) is 4.45. The van der Waals surface area contributed by atoms with Crippen molar-refractivity contribution in [1.29, 1.82) is 0 Å². The number of likely N-dealkylation sites (N-methyl/N-ethyl adjacent to an activating group) is 1. The summed E-state index contributed by atoms with van der Waals surface area (Å²) in [6.45, 7) is 3.07. The van der Waals surface area contributed by atoms with E-state index < -0.39 is 0 Å². The monoisotopic (exact) mass is 300 g/mol. The van der Waals surface area contributed by atoms with Crippen LogP contribution in [-0.2, 0) is 11.2 Å². The quantitative estimate of drug-likeness (QED) is 0.836. The molecule has 0 fully saturated rings. The molecule has 94 valence electrons. The SMILES string of the molecule is CCNC(=O)COc1ccc(Br)cc1CCN. The number of hydrogen-bond donors (Lipinski definition) is 2. The lowest BCUT2D eigenvalue weighted by molar-refractivity contribution is -0.122. The summed E-state index contributed by atoms with van der Waals surface area (Å²) in [5.74, 6) is 0.596. The number of carbonyl (C=O) groups is 1. The van der Waals surface area contributed by atoms with Crippen LogP contribution in [0.4, 0.5) is 0 Å². The Balaban J connectivity index is 2.66. The highest BCUT2D eigenvalue weighted by Crippen LogP contribution is 2.23. The van der Waals surface area contributed by atoms with Gasteiger partial charge in [-0.2, -0.15) is 0 Å². The van der Waals surface area contributed by atoms with Crippen molar-refractivity contribution in [2.75, 3.05) is 19.7 Å². The minimum absolute atomic E-state index is 0.0348. The third kappa shape index (κ3) is 4.75. The van der Waals surface area contributed by atoms with E-state index in [1.807, 2.05) is 25.1 Å². The molecule has 0 aliphatic carbocycles. The number of nitrogens with two attached hydrogens (primary N) is 1. The first kappa shape index (κ1) is 14.0. The molecule has 0 saturated carbocycles. The maximum atomic E-state index is 11.3. The van der Waals surface area contributed by atoms with E-state index in [2.05, 4.69) is 21.2 Å². The molecule has 0 unspecified atom stereocenters. The van der Waals surface area contributed by atoms with Gasteiger partial charge in [0, 0.05) is 11.0 Å². The highest BCUT2D eigenvalue weighted by molar-refractivity contribution is 9.10. The van der Waals surface area contributed by atoms with Gasteiger partial charge in [-0.1, -0.05) is 15.9 Å². The van der Waals surface area contributed by atoms with E-state index in [0.29, 0.717) is 18.8 Å². The molecule has 1 rings (SSSR count). The van der Waals surface area contributed by atoms with Gasteiger partial charge in [0.25, 0.3) is 5.91 Å². The van der Waals surface area contributed by atoms with Gasteiger partial charge in [0.05, 0.1) is 0 Å². The molecule has 0 saturated heterocycles. The van der Waals surface area contributed by atoms with E-state index >= 15 is 0 Å². The summed E-state index contributed by atoms with van der Waals surface area (Å²) in [7, 11) is 0. The Morgan fingerprint density at radius 2 is 2.29 bits per heavy atom. The Labute approximate surface area is 110 Å². The molecule has 0 heterocycles. The van der Waals surface area contributed by atoms with E-state index in [4.69, 9.17) is 10.5 Å². The van der Waals surface area contributed by atoms with Crippen LogP contribution in [0, 0.1) is 0 Å². The lowest BCUT2D eigenvalue weighted by Gasteiger charge is -2.11. The molecule has 1 aromatic rings. The summed E-state index contributed by atoms with van der Waals surface area (Å²) in [6.07, 6.45) is 0.726. The summed E-state index contributed by atoms with van der Waals surface area (Å²) >= 11 is 3.40. The molecule has 0 aliphatic rings. The number of ether oxygens (including phenoxy) is 1. The molecule has 17 heavy (non-hydrogen) atoms. The van der Waals surface area contributed by atoms with Crippen molar-refractivity contribution in [3.63, 3.8) is 0 Å². The molecule has 0 radical (unpaired) electrons. The number of hydrogen-bond acceptors (Lipinski definition) is 3. The second-order valence-electron chi connectivity index (χ2n) is 3.53. The van der Waals surface area contributed by atoms with Gasteiger partial charge >= 0.3 is 0 Å². The van der Waals surface area contributed by atoms with Gasteiger partial charge in [0.2, 0.25) is 0 Å². The Morgan fingerprint density at radius 1 is 1.53 bits per heavy atom. The van der Waals surface area contributed by atoms with Gasteiger partial charge in [-0.15, -0.1) is 0 Å². The number of nitrogens with one attached hydrogen (secondary N) is 1. The molecular weight excluding hydrogens is 284 g/mol. The molecule has 1 aromatic carbocycles. The fraction of sp³-hybridized carbons (Fsp3) is 0.417. The molecule has 1 amide bonds. The van der Waals surface area contributed by atoms with Gasteiger partial charge in [0.1, 0.15) is 5.75 Å². The first-order valence-corrected chi connectivity index (χ1v) is 6.34. The average molecular weight is 301 g/mol. The lowest BCUT2D eigenvalue weighted by atomic mass is 10.1. The highest BCUT2D eigenvalue weighted by atomic mass is 79.9. The third-order valence-corrected chi connectivity index (χ3v) is 2.66. The second kappa shape index (κ2) is 7.29. The minimum atomic E-state index is -0.117. The van der Waals surface area contributed by atoms with Crippen LogP contribution < -0.4 is 15.8 Å². The van der Waals surface area contributed by atoms with Crippen LogP contribution in [-0.4, -0.2) is 25.6 Å². The van der Waals surface area contributed by atoms with E-state index in [1.165, 1.54) is 0 Å². The van der Waals surface area contributed by atoms with Crippen molar-refractivity contribution in [2.45, 2.75) is 13.3 Å². The van der Waals surface area contributed by atoms with Crippen LogP contribution in [0.2, 0.25) is 0 Å². The Bertz CT molecular complexity index is 383. The molecule has 0 aliphatic heterocycles. The minimum Gasteiger partial charge on any atom is -0.483 e. The van der Waals surface area contributed by atoms with E-state index in [0.717, 1.165) is 16.5 Å². The molecule has 5 heteroatoms. The molecular formula is C12H17BrN2O2. The maximum absolute atomic E-state index is 11.3. The zero-order valence-electron chi connectivity index (χ0n) is 9.83. The molecule has 4 nitrogen and oxygen atoms in total. The largest absolute Gasteiger partial charge is 0.483 e. The first-order chi connectivity index (χ1) is 8.17. The number of rotatable bonds is 6. The van der Waals surface area contributed by atoms with Crippen molar-refractivity contribution in [1.82, 2.24) is 5.32 Å². The van der Waals surface area contributed by atoms with Crippen molar-refractivity contribution >= 4 is 21.8 Å². The standard InChI is InChI=1S/C12H17BrN2O2/c1-2-15-12(16)8-17-11-4-3-10(13)7-9(11)5-6-14/h3-4,7H,2,5-6,8,14H2,1H3,(H,15,16). The summed E-state index contributed by atoms with van der Waals surface area (Å²) in [4.78, 5) is 11.3. The van der Waals surface area contributed by atoms with Gasteiger partial charge in [-0.25, -0.2) is 0 Å². The smallest absolute Gasteiger partial charge is 0.257 e. The van der Waals surface area contributed by atoms with Crippen LogP contribution in [0.15, 0.2) is 22.7 Å². The van der Waals surface area contributed by atoms with Crippen molar-refractivity contribution in [3.8, 4) is 5.75 Å². The Morgan fingerprint density at radius 3 is 2.94 bits per heavy atom. The van der Waals surface area contributed by atoms with Gasteiger partial charge in [0.15, 0.2) is 6.61 Å². The molecule has 0 aromatic heterocycles. The Kier molecular flexibility index (Phi) is 6.00. The fourth-order valence-electron chi connectivity index (χ4n) is 1.43. The van der Waals surface area contributed by atoms with Crippen LogP contribution in [0.3, 0.4) is 0 Å². The number of halogens is 1. The predicted molar refractivity (Wildman–Crippen MR) is 71.1 cm³/mol. The molecule has 3 N–H and O–H groups in total. The summed E-state index contributed by atoms with van der Waals surface area (Å²) in [6, 6.07) is 5.68. The lowest BCUT2D eigenvalue weighted by Crippen LogP contribution is -2.28. The first-order valence-electron chi connectivity index (χ1n) is 5.55. The van der Waals surface area contributed by atoms with Crippen molar-refractivity contribution in [3.05, 3.63) is 28.2 Å². The molecule has 0 spiro atoms. The summed E-state index contributed by atoms with van der Waals surface area (Å²) in [5.41, 5.74) is 6.54. The van der Waals surface area contributed by atoms with Crippen LogP contribution in [0.25, 0.3) is 0 Å². The topological polar surface area (TPSA) is 64.3 Å². The van der Waals surface area contributed by atoms with E-state index in [9.17, 15) is 4.79 Å². The van der Waals surface area contributed by atoms with Crippen LogP contribution in [0.5, 0.6) is 5.75 Å². The van der Waals surface area contributed by atoms with Crippen LogP contribution in [0.1, 0.15) is 12.5 Å². The molecule has 0 atom stereocenters. The zero-order valence-corrected chi connectivity index (χ0v) is 11.4. The third-order valence-electron chi connectivity index (χ3n) is 2.17. The average Bonchev–Trinajstić information content (AvgIpc) is 2.29. The highest BCUT2D eigenvalue weighted by Gasteiger charge is 2.06. The Hall–Kier alpha value is -1.07. The number of carbonyl (C=O) groups excluding carboxylic acids is 1. The van der Waals surface area contributed by atoms with E-state index in [1.54, 1.807) is 0 Å². The van der Waals surface area contributed by atoms with Gasteiger partial charge < -0.3 is 15.8 Å². The number of benzene rings is 1. The predicted octanol–water partition coefficient (Wildman–Crippen LogP) is 1.47. The summed E-state index contributed by atoms with van der Waals surface area (Å²) in [5, 5.41) is 2.68. The van der Waals surface area contributed by atoms with Crippen LogP contribution >= 0.6 is 15.9 Å². The van der Waals surface area contributed by atoms with E-state index in [-0.39, 0.29) is 12.5 Å². The number of amides is 1. The van der Waals surface area contributed by atoms with Crippen molar-refractivity contribution in [2.24, 2.45) is 5.73 Å².